The number of hydrogen-bond acceptors (Lipinski definition) is 2. The zero-order valence-electron chi connectivity index (χ0n) is 15.1. The van der Waals surface area contributed by atoms with E-state index in [1.807, 2.05) is 12.3 Å². The number of guanidine groups is 1. The maximum Gasteiger partial charge on any atom is 0.248 e. The summed E-state index contributed by atoms with van der Waals surface area (Å²) in [5.74, 6) is -0.0491. The van der Waals surface area contributed by atoms with Gasteiger partial charge in [-0.15, -0.1) is 0 Å². The second-order valence-electron chi connectivity index (χ2n) is 6.17. The van der Waals surface area contributed by atoms with E-state index in [-0.39, 0.29) is 5.82 Å². The van der Waals surface area contributed by atoms with Crippen molar-refractivity contribution in [3.05, 3.63) is 71.2 Å². The molecule has 27 heavy (non-hydrogen) atoms. The van der Waals surface area contributed by atoms with E-state index in [2.05, 4.69) is 20.6 Å². The molecule has 1 aromatic heterocycles. The maximum absolute atomic E-state index is 13.5. The molecule has 3 aromatic rings. The number of aromatic nitrogens is 1. The van der Waals surface area contributed by atoms with E-state index in [0.717, 1.165) is 28.5 Å². The number of aliphatic imine (C=N–C) groups is 1. The lowest BCUT2D eigenvalue weighted by molar-refractivity contribution is 0.1000. The summed E-state index contributed by atoms with van der Waals surface area (Å²) in [7, 11) is 1.69. The number of nitrogens with two attached hydrogens (primary N) is 1. The Morgan fingerprint density at radius 3 is 2.85 bits per heavy atom. The minimum absolute atomic E-state index is 0.244. The molecule has 0 bridgehead atoms. The Labute approximate surface area is 156 Å². The molecule has 1 amide bonds. The highest BCUT2D eigenvalue weighted by atomic mass is 19.1. The molecule has 0 saturated heterocycles. The molecule has 0 aliphatic heterocycles. The van der Waals surface area contributed by atoms with Crippen molar-refractivity contribution in [3.63, 3.8) is 0 Å². The van der Waals surface area contributed by atoms with Crippen LogP contribution >= 0.6 is 0 Å². The van der Waals surface area contributed by atoms with Crippen LogP contribution in [0.5, 0.6) is 0 Å². The summed E-state index contributed by atoms with van der Waals surface area (Å²) in [6, 6.07) is 11.9. The Balaban J connectivity index is 1.54. The number of carbonyl (C=O) groups excluding carboxylic acids is 1. The number of nitrogens with one attached hydrogen (secondary N) is 3. The van der Waals surface area contributed by atoms with Crippen molar-refractivity contribution in [1.82, 2.24) is 15.6 Å². The molecule has 7 heteroatoms. The van der Waals surface area contributed by atoms with Gasteiger partial charge in [0.05, 0.1) is 0 Å². The fourth-order valence-corrected chi connectivity index (χ4v) is 2.91. The minimum atomic E-state index is -0.450. The summed E-state index contributed by atoms with van der Waals surface area (Å²) < 4.78 is 13.5. The minimum Gasteiger partial charge on any atom is -0.366 e. The molecule has 0 saturated carbocycles. The van der Waals surface area contributed by atoms with Gasteiger partial charge in [-0.2, -0.15) is 0 Å². The third-order valence-electron chi connectivity index (χ3n) is 4.31. The zero-order chi connectivity index (χ0) is 19.2. The number of H-pyrrole nitrogens is 1. The lowest BCUT2D eigenvalue weighted by Crippen LogP contribution is -2.37. The van der Waals surface area contributed by atoms with Gasteiger partial charge in [-0.05, 0) is 47.9 Å². The van der Waals surface area contributed by atoms with Gasteiger partial charge < -0.3 is 21.4 Å². The molecule has 0 aliphatic carbocycles. The second kappa shape index (κ2) is 8.35. The van der Waals surface area contributed by atoms with Crippen LogP contribution in [0.25, 0.3) is 10.9 Å². The SMILES string of the molecule is CN=C(NCCc1c[nH]c2ccc(F)cc12)NCc1cccc(C(N)=O)c1. The molecule has 140 valence electrons. The molecule has 0 atom stereocenters. The summed E-state index contributed by atoms with van der Waals surface area (Å²) >= 11 is 0. The van der Waals surface area contributed by atoms with Crippen LogP contribution in [0.3, 0.4) is 0 Å². The van der Waals surface area contributed by atoms with E-state index < -0.39 is 5.91 Å². The largest absolute Gasteiger partial charge is 0.366 e. The number of fused-ring (bicyclic) bond motifs is 1. The molecule has 0 spiro atoms. The van der Waals surface area contributed by atoms with Crippen molar-refractivity contribution >= 4 is 22.8 Å². The average Bonchev–Trinajstić information content (AvgIpc) is 3.06. The van der Waals surface area contributed by atoms with Gasteiger partial charge in [0.1, 0.15) is 5.82 Å². The van der Waals surface area contributed by atoms with Gasteiger partial charge in [-0.3, -0.25) is 9.79 Å². The monoisotopic (exact) mass is 367 g/mol. The van der Waals surface area contributed by atoms with E-state index in [9.17, 15) is 9.18 Å². The van der Waals surface area contributed by atoms with Crippen LogP contribution in [0.1, 0.15) is 21.5 Å². The summed E-state index contributed by atoms with van der Waals surface area (Å²) in [5.41, 5.74) is 8.67. The van der Waals surface area contributed by atoms with E-state index in [0.29, 0.717) is 24.6 Å². The molecule has 3 rings (SSSR count). The standard InChI is InChI=1S/C20H22FN5O/c1-23-20(26-11-13-3-2-4-14(9-13)19(22)27)24-8-7-15-12-25-18-6-5-16(21)10-17(15)18/h2-6,9-10,12,25H,7-8,11H2,1H3,(H2,22,27)(H2,23,24,26). The van der Waals surface area contributed by atoms with Gasteiger partial charge in [0.2, 0.25) is 5.91 Å². The van der Waals surface area contributed by atoms with Crippen LogP contribution in [-0.2, 0) is 13.0 Å². The van der Waals surface area contributed by atoms with Crippen LogP contribution in [0, 0.1) is 5.82 Å². The highest BCUT2D eigenvalue weighted by Gasteiger charge is 2.06. The van der Waals surface area contributed by atoms with Gasteiger partial charge in [-0.1, -0.05) is 12.1 Å². The van der Waals surface area contributed by atoms with Gasteiger partial charge in [0, 0.05) is 42.8 Å². The molecule has 2 aromatic carbocycles. The third-order valence-corrected chi connectivity index (χ3v) is 4.31. The number of rotatable bonds is 6. The van der Waals surface area contributed by atoms with Crippen LogP contribution in [0.2, 0.25) is 0 Å². The number of amides is 1. The molecular formula is C20H22FN5O. The van der Waals surface area contributed by atoms with E-state index in [1.165, 1.54) is 6.07 Å². The van der Waals surface area contributed by atoms with Gasteiger partial charge in [-0.25, -0.2) is 4.39 Å². The van der Waals surface area contributed by atoms with Crippen LogP contribution in [0.4, 0.5) is 4.39 Å². The molecule has 0 radical (unpaired) electrons. The summed E-state index contributed by atoms with van der Waals surface area (Å²) in [6.07, 6.45) is 2.62. The van der Waals surface area contributed by atoms with E-state index in [1.54, 1.807) is 37.4 Å². The average molecular weight is 367 g/mol. The van der Waals surface area contributed by atoms with Crippen LogP contribution in [0.15, 0.2) is 53.7 Å². The van der Waals surface area contributed by atoms with Gasteiger partial charge >= 0.3 is 0 Å². The van der Waals surface area contributed by atoms with Crippen molar-refractivity contribution in [2.75, 3.05) is 13.6 Å². The topological polar surface area (TPSA) is 95.3 Å². The number of nitrogens with zero attached hydrogens (tertiary/aromatic N) is 1. The fraction of sp³-hybridized carbons (Fsp3) is 0.200. The normalized spacial score (nSPS) is 11.6. The Morgan fingerprint density at radius 2 is 2.07 bits per heavy atom. The van der Waals surface area contributed by atoms with Gasteiger partial charge in [0.25, 0.3) is 0 Å². The Bertz CT molecular complexity index is 979. The number of benzene rings is 2. The Morgan fingerprint density at radius 1 is 1.22 bits per heavy atom. The molecule has 1 heterocycles. The quantitative estimate of drug-likeness (QED) is 0.398. The number of hydrogen-bond donors (Lipinski definition) is 4. The molecule has 0 unspecified atom stereocenters. The molecule has 6 nitrogen and oxygen atoms in total. The third kappa shape index (κ3) is 4.63. The lowest BCUT2D eigenvalue weighted by Gasteiger charge is -2.12. The first-order chi connectivity index (χ1) is 13.1. The van der Waals surface area contributed by atoms with Crippen LogP contribution in [-0.4, -0.2) is 30.4 Å². The number of aromatic amines is 1. The predicted octanol–water partition coefficient (Wildman–Crippen LogP) is 2.31. The number of carbonyl (C=O) groups is 1. The van der Waals surface area contributed by atoms with Crippen molar-refractivity contribution in [2.45, 2.75) is 13.0 Å². The first-order valence-corrected chi connectivity index (χ1v) is 8.65. The molecule has 0 fully saturated rings. The first kappa shape index (κ1) is 18.4. The number of halogens is 1. The van der Waals surface area contributed by atoms with E-state index >= 15 is 0 Å². The summed E-state index contributed by atoms with van der Waals surface area (Å²) in [5, 5.41) is 7.32. The fourth-order valence-electron chi connectivity index (χ4n) is 2.91. The summed E-state index contributed by atoms with van der Waals surface area (Å²) in [4.78, 5) is 18.6. The highest BCUT2D eigenvalue weighted by Crippen LogP contribution is 2.19. The molecule has 5 N–H and O–H groups in total. The number of primary amides is 1. The Kier molecular flexibility index (Phi) is 5.71. The van der Waals surface area contributed by atoms with Crippen molar-refractivity contribution in [1.29, 1.82) is 0 Å². The summed E-state index contributed by atoms with van der Waals surface area (Å²) in [6.45, 7) is 1.16. The first-order valence-electron chi connectivity index (χ1n) is 8.65. The van der Waals surface area contributed by atoms with E-state index in [4.69, 9.17) is 5.73 Å². The highest BCUT2D eigenvalue weighted by molar-refractivity contribution is 5.93. The predicted molar refractivity (Wildman–Crippen MR) is 105 cm³/mol. The Hall–Kier alpha value is -3.35. The second-order valence-corrected chi connectivity index (χ2v) is 6.17. The van der Waals surface area contributed by atoms with Crippen molar-refractivity contribution in [2.24, 2.45) is 10.7 Å². The molecular weight excluding hydrogens is 345 g/mol. The van der Waals surface area contributed by atoms with Crippen molar-refractivity contribution in [3.8, 4) is 0 Å². The smallest absolute Gasteiger partial charge is 0.248 e. The van der Waals surface area contributed by atoms with Gasteiger partial charge in [0.15, 0.2) is 5.96 Å². The van der Waals surface area contributed by atoms with Crippen molar-refractivity contribution < 1.29 is 9.18 Å². The molecule has 0 aliphatic rings. The zero-order valence-corrected chi connectivity index (χ0v) is 15.1. The lowest BCUT2D eigenvalue weighted by atomic mass is 10.1. The maximum atomic E-state index is 13.5. The van der Waals surface area contributed by atoms with Crippen LogP contribution < -0.4 is 16.4 Å².